The molecule has 6 heteroatoms. The molecule has 0 rings (SSSR count). The first-order chi connectivity index (χ1) is 18.5. The lowest BCUT2D eigenvalue weighted by Crippen LogP contribution is -2.30. The summed E-state index contributed by atoms with van der Waals surface area (Å²) in [6.45, 7) is 6.41. The normalized spacial score (nSPS) is 11.8. The fourth-order valence-corrected chi connectivity index (χ4v) is 4.38. The molecule has 0 heterocycles. The fourth-order valence-electron chi connectivity index (χ4n) is 4.38. The summed E-state index contributed by atoms with van der Waals surface area (Å²) in [6.07, 6.45) is 22.9. The Kier molecular flexibility index (Phi) is 27.2. The van der Waals surface area contributed by atoms with E-state index in [1.807, 2.05) is 0 Å². The zero-order valence-electron chi connectivity index (χ0n) is 25.2. The van der Waals surface area contributed by atoms with E-state index >= 15 is 0 Å². The molecule has 0 aliphatic carbocycles. The Hall–Kier alpha value is -1.59. The predicted octanol–water partition coefficient (Wildman–Crippen LogP) is 9.02. The minimum atomic E-state index is -0.751. The minimum absolute atomic E-state index is 0.0675. The van der Waals surface area contributed by atoms with E-state index < -0.39 is 6.10 Å². The summed E-state index contributed by atoms with van der Waals surface area (Å²) in [6, 6.07) is 0. The number of rotatable bonds is 28. The van der Waals surface area contributed by atoms with Crippen LogP contribution in [0.1, 0.15) is 168 Å². The van der Waals surface area contributed by atoms with Gasteiger partial charge >= 0.3 is 17.9 Å². The van der Waals surface area contributed by atoms with Crippen LogP contribution in [0.4, 0.5) is 0 Å². The van der Waals surface area contributed by atoms with Crippen molar-refractivity contribution in [1.29, 1.82) is 0 Å². The molecule has 0 N–H and O–H groups in total. The lowest BCUT2D eigenvalue weighted by Gasteiger charge is -2.18. The lowest BCUT2D eigenvalue weighted by atomic mass is 10.1. The van der Waals surface area contributed by atoms with Crippen LogP contribution in [-0.2, 0) is 28.6 Å². The fraction of sp³-hybridized carbons (Fsp3) is 0.906. The van der Waals surface area contributed by atoms with Crippen molar-refractivity contribution in [3.8, 4) is 0 Å². The van der Waals surface area contributed by atoms with Crippen molar-refractivity contribution in [2.24, 2.45) is 0 Å². The zero-order valence-corrected chi connectivity index (χ0v) is 25.2. The highest BCUT2D eigenvalue weighted by Gasteiger charge is 2.19. The average Bonchev–Trinajstić information content (AvgIpc) is 2.91. The van der Waals surface area contributed by atoms with Gasteiger partial charge in [-0.15, -0.1) is 0 Å². The lowest BCUT2D eigenvalue weighted by molar-refractivity contribution is -0.167. The van der Waals surface area contributed by atoms with Crippen molar-refractivity contribution < 1.29 is 28.6 Å². The van der Waals surface area contributed by atoms with E-state index in [2.05, 4.69) is 20.8 Å². The van der Waals surface area contributed by atoms with Gasteiger partial charge in [-0.2, -0.15) is 0 Å². The SMILES string of the molecule is CCCCCCCCCCCCC(=O)OC[C@@H](COC(=O)CCCCCCC)OC(=O)CCCCCCC. The highest BCUT2D eigenvalue weighted by Crippen LogP contribution is 2.12. The number of unbranched alkanes of at least 4 members (excludes halogenated alkanes) is 17. The van der Waals surface area contributed by atoms with E-state index in [0.29, 0.717) is 19.3 Å². The quantitative estimate of drug-likeness (QED) is 0.0559. The van der Waals surface area contributed by atoms with Crippen LogP contribution in [0.15, 0.2) is 0 Å². The molecule has 0 aliphatic heterocycles. The van der Waals surface area contributed by atoms with Gasteiger partial charge in [0.1, 0.15) is 13.2 Å². The van der Waals surface area contributed by atoms with Crippen molar-refractivity contribution in [3.63, 3.8) is 0 Å². The molecule has 38 heavy (non-hydrogen) atoms. The van der Waals surface area contributed by atoms with Crippen LogP contribution in [0.25, 0.3) is 0 Å². The third-order valence-electron chi connectivity index (χ3n) is 6.86. The van der Waals surface area contributed by atoms with Crippen molar-refractivity contribution in [1.82, 2.24) is 0 Å². The minimum Gasteiger partial charge on any atom is -0.462 e. The summed E-state index contributed by atoms with van der Waals surface area (Å²) in [5.74, 6) is -0.904. The van der Waals surface area contributed by atoms with Crippen LogP contribution in [-0.4, -0.2) is 37.2 Å². The Morgan fingerprint density at radius 3 is 1.05 bits per heavy atom. The molecule has 0 aromatic heterocycles. The smallest absolute Gasteiger partial charge is 0.306 e. The van der Waals surface area contributed by atoms with Gasteiger partial charge < -0.3 is 14.2 Å². The van der Waals surface area contributed by atoms with Gasteiger partial charge in [-0.05, 0) is 19.3 Å². The number of carbonyl (C=O) groups is 3. The molecule has 0 saturated heterocycles. The third kappa shape index (κ3) is 26.0. The summed E-state index contributed by atoms with van der Waals surface area (Å²) in [7, 11) is 0. The molecule has 0 aliphatic rings. The Balaban J connectivity index is 4.26. The van der Waals surface area contributed by atoms with Crippen molar-refractivity contribution in [2.75, 3.05) is 13.2 Å². The van der Waals surface area contributed by atoms with Crippen molar-refractivity contribution >= 4 is 17.9 Å². The first-order valence-corrected chi connectivity index (χ1v) is 16.0. The van der Waals surface area contributed by atoms with Crippen LogP contribution in [0.3, 0.4) is 0 Å². The number of esters is 3. The third-order valence-corrected chi connectivity index (χ3v) is 6.86. The molecule has 1 atom stereocenters. The second kappa shape index (κ2) is 28.4. The van der Waals surface area contributed by atoms with Gasteiger partial charge in [-0.1, -0.05) is 130 Å². The molecule has 0 fully saturated rings. The Morgan fingerprint density at radius 2 is 0.711 bits per heavy atom. The van der Waals surface area contributed by atoms with Crippen molar-refractivity contribution in [3.05, 3.63) is 0 Å². The maximum absolute atomic E-state index is 12.3. The molecule has 0 aromatic carbocycles. The summed E-state index contributed by atoms with van der Waals surface area (Å²) in [5.41, 5.74) is 0. The second-order valence-corrected chi connectivity index (χ2v) is 10.7. The Labute approximate surface area is 234 Å². The Bertz CT molecular complexity index is 562. The van der Waals surface area contributed by atoms with Gasteiger partial charge in [0, 0.05) is 19.3 Å². The topological polar surface area (TPSA) is 78.9 Å². The molecule has 0 radical (unpaired) electrons. The first-order valence-electron chi connectivity index (χ1n) is 16.0. The highest BCUT2D eigenvalue weighted by molar-refractivity contribution is 5.71. The van der Waals surface area contributed by atoms with Gasteiger partial charge in [-0.3, -0.25) is 14.4 Å². The Morgan fingerprint density at radius 1 is 0.421 bits per heavy atom. The number of ether oxygens (including phenoxy) is 3. The molecular weight excluding hydrogens is 480 g/mol. The molecule has 0 unspecified atom stereocenters. The van der Waals surface area contributed by atoms with Gasteiger partial charge in [-0.25, -0.2) is 0 Å². The summed E-state index contributed by atoms with van der Waals surface area (Å²) >= 11 is 0. The molecule has 0 saturated carbocycles. The van der Waals surface area contributed by atoms with Crippen LogP contribution in [0.5, 0.6) is 0 Å². The van der Waals surface area contributed by atoms with E-state index in [-0.39, 0.29) is 31.1 Å². The highest BCUT2D eigenvalue weighted by atomic mass is 16.6. The largest absolute Gasteiger partial charge is 0.462 e. The van der Waals surface area contributed by atoms with Gasteiger partial charge in [0.05, 0.1) is 0 Å². The van der Waals surface area contributed by atoms with E-state index in [4.69, 9.17) is 14.2 Å². The molecular formula is C32H60O6. The molecule has 224 valence electrons. The number of hydrogen-bond acceptors (Lipinski definition) is 6. The summed E-state index contributed by atoms with van der Waals surface area (Å²) < 4.78 is 16.3. The number of hydrogen-bond donors (Lipinski definition) is 0. The van der Waals surface area contributed by atoms with Gasteiger partial charge in [0.15, 0.2) is 6.10 Å². The number of carbonyl (C=O) groups excluding carboxylic acids is 3. The van der Waals surface area contributed by atoms with Crippen LogP contribution < -0.4 is 0 Å². The predicted molar refractivity (Wildman–Crippen MR) is 155 cm³/mol. The second-order valence-electron chi connectivity index (χ2n) is 10.7. The van der Waals surface area contributed by atoms with Crippen molar-refractivity contribution in [2.45, 2.75) is 175 Å². The molecule has 6 nitrogen and oxygen atoms in total. The standard InChI is InChI=1S/C32H60O6/c1-4-7-10-13-14-15-16-17-20-22-25-31(34)37-28-29(38-32(35)26-23-19-12-9-6-3)27-36-30(33)24-21-18-11-8-5-2/h29H,4-28H2,1-3H3/t29-/m1/s1. The van der Waals surface area contributed by atoms with E-state index in [9.17, 15) is 14.4 Å². The molecule has 0 bridgehead atoms. The summed E-state index contributed by atoms with van der Waals surface area (Å²) in [5, 5.41) is 0. The van der Waals surface area contributed by atoms with E-state index in [1.165, 1.54) is 57.8 Å². The monoisotopic (exact) mass is 540 g/mol. The van der Waals surface area contributed by atoms with Crippen LogP contribution in [0.2, 0.25) is 0 Å². The molecule has 0 amide bonds. The van der Waals surface area contributed by atoms with E-state index in [1.54, 1.807) is 0 Å². The van der Waals surface area contributed by atoms with Crippen LogP contribution in [0, 0.1) is 0 Å². The van der Waals surface area contributed by atoms with Crippen LogP contribution >= 0.6 is 0 Å². The average molecular weight is 541 g/mol. The van der Waals surface area contributed by atoms with Gasteiger partial charge in [0.25, 0.3) is 0 Å². The molecule has 0 aromatic rings. The van der Waals surface area contributed by atoms with E-state index in [0.717, 1.165) is 70.6 Å². The molecule has 0 spiro atoms. The summed E-state index contributed by atoms with van der Waals surface area (Å²) in [4.78, 5) is 36.7. The maximum atomic E-state index is 12.3. The van der Waals surface area contributed by atoms with Gasteiger partial charge in [0.2, 0.25) is 0 Å². The first kappa shape index (κ1) is 36.4. The zero-order chi connectivity index (χ0) is 28.1. The maximum Gasteiger partial charge on any atom is 0.306 e.